The number of nitrogens with two attached hydrogens (primary N) is 1. The fourth-order valence-corrected chi connectivity index (χ4v) is 2.59. The lowest BCUT2D eigenvalue weighted by Crippen LogP contribution is -2.16. The molecule has 0 spiro atoms. The Morgan fingerprint density at radius 1 is 1.16 bits per heavy atom. The molecule has 3 N–H and O–H groups in total. The Balaban J connectivity index is 0.000000250. The highest BCUT2D eigenvalue weighted by Crippen LogP contribution is 2.32. The largest absolute Gasteiger partial charge is 0.365 e. The van der Waals surface area contributed by atoms with Gasteiger partial charge in [-0.15, -0.1) is 0 Å². The van der Waals surface area contributed by atoms with E-state index >= 15 is 0 Å². The van der Waals surface area contributed by atoms with Crippen molar-refractivity contribution in [1.82, 2.24) is 10.1 Å². The Labute approximate surface area is 143 Å². The number of pyridine rings is 1. The molecule has 0 saturated carbocycles. The average Bonchev–Trinajstić information content (AvgIpc) is 2.95. The van der Waals surface area contributed by atoms with Crippen molar-refractivity contribution in [3.8, 4) is 22.5 Å². The molecule has 2 aromatic heterocycles. The fraction of sp³-hybridized carbons (Fsp3) is 0.0625. The highest BCUT2D eigenvalue weighted by atomic mass is 32.2. The number of benzene rings is 1. The minimum atomic E-state index is -3.61. The van der Waals surface area contributed by atoms with Gasteiger partial charge in [-0.2, -0.15) is 0 Å². The zero-order valence-electron chi connectivity index (χ0n) is 13.1. The van der Waals surface area contributed by atoms with Crippen LogP contribution in [0, 0.1) is 0 Å². The second kappa shape index (κ2) is 6.36. The molecule has 2 aliphatic carbocycles. The molecule has 1 amide bonds. The number of hydrogen-bond acceptors (Lipinski definition) is 6. The quantitative estimate of drug-likeness (QED) is 0.573. The van der Waals surface area contributed by atoms with Gasteiger partial charge in [-0.25, -0.2) is 8.42 Å². The summed E-state index contributed by atoms with van der Waals surface area (Å²) >= 11 is 0. The number of nitrogens with one attached hydrogen (secondary N) is 1. The second-order valence-electron chi connectivity index (χ2n) is 5.27. The summed E-state index contributed by atoms with van der Waals surface area (Å²) in [6, 6.07) is 13.4. The number of hydrogen-bond donors (Lipinski definition) is 2. The summed E-state index contributed by atoms with van der Waals surface area (Å²) in [4.78, 5) is 15.4. The van der Waals surface area contributed by atoms with Crippen LogP contribution in [-0.4, -0.2) is 30.7 Å². The zero-order chi connectivity index (χ0) is 18.0. The van der Waals surface area contributed by atoms with Gasteiger partial charge in [-0.3, -0.25) is 14.5 Å². The van der Waals surface area contributed by atoms with Crippen molar-refractivity contribution in [2.75, 3.05) is 11.0 Å². The molecule has 0 aromatic carbocycles. The third-order valence-electron chi connectivity index (χ3n) is 3.24. The summed E-state index contributed by atoms with van der Waals surface area (Å²) in [5, 5.41) is 3.63. The molecule has 0 unspecified atom stereocenters. The predicted molar refractivity (Wildman–Crippen MR) is 92.2 cm³/mol. The minimum absolute atomic E-state index is 0.0826. The van der Waals surface area contributed by atoms with Crippen LogP contribution >= 0.6 is 0 Å². The Bertz CT molecular complexity index is 1010. The van der Waals surface area contributed by atoms with Gasteiger partial charge in [0.05, 0.1) is 11.9 Å². The molecule has 0 saturated heterocycles. The molecule has 0 atom stereocenters. The van der Waals surface area contributed by atoms with E-state index in [-0.39, 0.29) is 17.1 Å². The first kappa shape index (κ1) is 16.7. The van der Waals surface area contributed by atoms with Crippen LogP contribution in [0.25, 0.3) is 22.5 Å². The van der Waals surface area contributed by atoms with Crippen molar-refractivity contribution in [2.45, 2.75) is 0 Å². The maximum atomic E-state index is 11.4. The Kier molecular flexibility index (Phi) is 4.24. The first-order valence-corrected chi connectivity index (χ1v) is 9.03. The average molecular weight is 358 g/mol. The fourth-order valence-electron chi connectivity index (χ4n) is 2.11. The molecule has 0 aliphatic heterocycles. The summed E-state index contributed by atoms with van der Waals surface area (Å²) in [6.07, 6.45) is 2.42. The zero-order valence-corrected chi connectivity index (χ0v) is 13.9. The maximum absolute atomic E-state index is 11.4. The molecule has 0 radical (unpaired) electrons. The van der Waals surface area contributed by atoms with E-state index in [2.05, 4.69) is 34.4 Å². The van der Waals surface area contributed by atoms with Crippen LogP contribution in [-0.2, 0) is 10.0 Å². The van der Waals surface area contributed by atoms with Crippen LogP contribution in [0.3, 0.4) is 0 Å². The molecule has 25 heavy (non-hydrogen) atoms. The van der Waals surface area contributed by atoms with Gasteiger partial charge in [0.2, 0.25) is 10.0 Å². The molecule has 2 heterocycles. The Morgan fingerprint density at radius 3 is 2.32 bits per heavy atom. The lowest BCUT2D eigenvalue weighted by Gasteiger charge is -2.01. The summed E-state index contributed by atoms with van der Waals surface area (Å²) in [7, 11) is -3.61. The number of primary amides is 1. The van der Waals surface area contributed by atoms with Crippen LogP contribution < -0.4 is 10.5 Å². The molecule has 0 fully saturated rings. The van der Waals surface area contributed by atoms with Gasteiger partial charge >= 0.3 is 0 Å². The van der Waals surface area contributed by atoms with E-state index in [9.17, 15) is 13.2 Å². The summed E-state index contributed by atoms with van der Waals surface area (Å²) in [5.74, 6) is -1.19. The van der Waals surface area contributed by atoms with Gasteiger partial charge in [-0.05, 0) is 29.3 Å². The third kappa shape index (κ3) is 4.01. The number of carbonyl (C=O) groups excluding carboxylic acids is 1. The van der Waals surface area contributed by atoms with Crippen LogP contribution in [0.15, 0.2) is 53.2 Å². The molecule has 4 rings (SSSR count). The minimum Gasteiger partial charge on any atom is -0.365 e. The van der Waals surface area contributed by atoms with Crippen molar-refractivity contribution < 1.29 is 17.7 Å². The third-order valence-corrected chi connectivity index (χ3v) is 3.79. The van der Waals surface area contributed by atoms with E-state index in [0.29, 0.717) is 5.69 Å². The van der Waals surface area contributed by atoms with Gasteiger partial charge < -0.3 is 10.3 Å². The maximum Gasteiger partial charge on any atom is 0.256 e. The van der Waals surface area contributed by atoms with E-state index in [1.807, 2.05) is 4.72 Å². The van der Waals surface area contributed by atoms with Gasteiger partial charge in [0.1, 0.15) is 11.3 Å². The number of anilines is 1. The first-order valence-electron chi connectivity index (χ1n) is 7.14. The van der Waals surface area contributed by atoms with Crippen LogP contribution in [0.2, 0.25) is 0 Å². The molecule has 9 heteroatoms. The van der Waals surface area contributed by atoms with E-state index in [0.717, 1.165) is 6.26 Å². The van der Waals surface area contributed by atoms with Crippen molar-refractivity contribution in [1.29, 1.82) is 0 Å². The van der Waals surface area contributed by atoms with Crippen molar-refractivity contribution in [3.63, 3.8) is 0 Å². The van der Waals surface area contributed by atoms with Gasteiger partial charge in [0.25, 0.3) is 11.8 Å². The Morgan fingerprint density at radius 2 is 1.88 bits per heavy atom. The smallest absolute Gasteiger partial charge is 0.256 e. The van der Waals surface area contributed by atoms with E-state index < -0.39 is 15.9 Å². The number of aromatic nitrogens is 2. The predicted octanol–water partition coefficient (Wildman–Crippen LogP) is 1.87. The number of amides is 1. The van der Waals surface area contributed by atoms with Crippen molar-refractivity contribution >= 4 is 21.8 Å². The molecule has 2 aliphatic rings. The van der Waals surface area contributed by atoms with Crippen molar-refractivity contribution in [3.05, 3.63) is 54.2 Å². The molecule has 8 nitrogen and oxygen atoms in total. The van der Waals surface area contributed by atoms with Gasteiger partial charge in [0, 0.05) is 6.20 Å². The number of sulfonamides is 1. The van der Waals surface area contributed by atoms with E-state index in [1.165, 1.54) is 17.3 Å². The lowest BCUT2D eigenvalue weighted by atomic mass is 10.1. The number of fused-ring (bicyclic) bond motifs is 1. The summed E-state index contributed by atoms with van der Waals surface area (Å²) in [6.45, 7) is 0. The number of rotatable bonds is 4. The SMILES string of the molecule is CS(=O)(=O)Nc1onc(-c2ccccn2)c1C(N)=O.c1cc2cc-2c1. The van der Waals surface area contributed by atoms with Gasteiger partial charge in [-0.1, -0.05) is 29.4 Å². The van der Waals surface area contributed by atoms with E-state index in [1.54, 1.807) is 18.2 Å². The monoisotopic (exact) mass is 358 g/mol. The molecular weight excluding hydrogens is 344 g/mol. The Hall–Kier alpha value is -3.20. The van der Waals surface area contributed by atoms with Crippen LogP contribution in [0.1, 0.15) is 10.4 Å². The lowest BCUT2D eigenvalue weighted by molar-refractivity contribution is 0.100. The highest BCUT2D eigenvalue weighted by Gasteiger charge is 2.24. The second-order valence-corrected chi connectivity index (χ2v) is 7.02. The molecule has 2 aromatic rings. The molecular formula is C16H14N4O4S. The number of nitrogens with zero attached hydrogens (tertiary/aromatic N) is 2. The van der Waals surface area contributed by atoms with Crippen LogP contribution in [0.4, 0.5) is 5.88 Å². The topological polar surface area (TPSA) is 128 Å². The standard InChI is InChI=1S/C10H10N4O4S.C6H4/c1-19(16,17)14-10-7(9(11)15)8(13-18-10)6-4-2-3-5-12-6;1-2-5-4-6(5)3-1/h2-5,14H,1H3,(H2,11,15);1-4H. The first-order chi connectivity index (χ1) is 11.8. The highest BCUT2D eigenvalue weighted by molar-refractivity contribution is 7.92. The summed E-state index contributed by atoms with van der Waals surface area (Å²) < 4.78 is 29.2. The summed E-state index contributed by atoms with van der Waals surface area (Å²) in [5.41, 5.74) is 8.33. The molecule has 128 valence electrons. The van der Waals surface area contributed by atoms with Crippen LogP contribution in [0.5, 0.6) is 0 Å². The van der Waals surface area contributed by atoms with Crippen molar-refractivity contribution in [2.24, 2.45) is 5.73 Å². The number of carbonyl (C=O) groups is 1. The van der Waals surface area contributed by atoms with Gasteiger partial charge in [0.15, 0.2) is 0 Å². The normalized spacial score (nSPS) is 11.2. The molecule has 0 bridgehead atoms. The van der Waals surface area contributed by atoms with E-state index in [4.69, 9.17) is 10.3 Å².